The SMILES string of the molecule is CCCCCCCCOC(=O)c1ccccc1-c1c2cc(Br)c(=O)c(Br)c-2oc2c(Br)c([O-])c(Br)cc12.[K+]. The second-order valence-corrected chi connectivity index (χ2v) is 12.0. The van der Waals surface area contributed by atoms with E-state index in [1.807, 2.05) is 12.1 Å². The minimum Gasteiger partial charge on any atom is -0.871 e. The van der Waals surface area contributed by atoms with E-state index in [1.165, 1.54) is 19.3 Å². The van der Waals surface area contributed by atoms with E-state index in [0.29, 0.717) is 43.2 Å². The van der Waals surface area contributed by atoms with Crippen LogP contribution in [-0.4, -0.2) is 12.6 Å². The summed E-state index contributed by atoms with van der Waals surface area (Å²) in [7, 11) is 0. The molecule has 38 heavy (non-hydrogen) atoms. The van der Waals surface area contributed by atoms with Gasteiger partial charge in [-0.15, -0.1) is 0 Å². The molecule has 4 rings (SSSR count). The maximum atomic E-state index is 13.2. The van der Waals surface area contributed by atoms with Crippen molar-refractivity contribution in [2.75, 3.05) is 6.61 Å². The summed E-state index contributed by atoms with van der Waals surface area (Å²) in [5.74, 6) is -0.444. The number of hydrogen-bond acceptors (Lipinski definition) is 5. The van der Waals surface area contributed by atoms with Gasteiger partial charge in [-0.1, -0.05) is 78.9 Å². The van der Waals surface area contributed by atoms with Crippen molar-refractivity contribution in [2.45, 2.75) is 45.4 Å². The van der Waals surface area contributed by atoms with Crippen LogP contribution in [0.25, 0.3) is 33.4 Å². The molecular weight excluding hydrogens is 775 g/mol. The maximum Gasteiger partial charge on any atom is 1.00 e. The van der Waals surface area contributed by atoms with Crippen LogP contribution < -0.4 is 61.9 Å². The van der Waals surface area contributed by atoms with Gasteiger partial charge in [0.25, 0.3) is 0 Å². The monoisotopic (exact) mass is 794 g/mol. The molecule has 194 valence electrons. The van der Waals surface area contributed by atoms with Crippen molar-refractivity contribution in [3.05, 3.63) is 70.1 Å². The first kappa shape index (κ1) is 32.5. The van der Waals surface area contributed by atoms with Gasteiger partial charge >= 0.3 is 57.4 Å². The van der Waals surface area contributed by atoms with Crippen molar-refractivity contribution in [1.29, 1.82) is 0 Å². The Morgan fingerprint density at radius 1 is 0.921 bits per heavy atom. The summed E-state index contributed by atoms with van der Waals surface area (Å²) in [5.41, 5.74) is 2.22. The first-order valence-corrected chi connectivity index (χ1v) is 15.1. The molecule has 0 unspecified atom stereocenters. The summed E-state index contributed by atoms with van der Waals surface area (Å²) in [4.78, 5) is 25.9. The summed E-state index contributed by atoms with van der Waals surface area (Å²) in [6.45, 7) is 2.53. The molecule has 10 heteroatoms. The molecule has 0 bridgehead atoms. The number of benzene rings is 3. The topological polar surface area (TPSA) is 79.6 Å². The quantitative estimate of drug-likeness (QED) is 0.0872. The van der Waals surface area contributed by atoms with Crippen LogP contribution in [0, 0.1) is 0 Å². The second-order valence-electron chi connectivity index (χ2n) is 8.68. The van der Waals surface area contributed by atoms with Crippen molar-refractivity contribution in [3.63, 3.8) is 0 Å². The van der Waals surface area contributed by atoms with Crippen molar-refractivity contribution in [2.24, 2.45) is 0 Å². The fourth-order valence-electron chi connectivity index (χ4n) is 4.28. The summed E-state index contributed by atoms with van der Waals surface area (Å²) >= 11 is 13.4. The molecule has 1 aliphatic carbocycles. The third-order valence-electron chi connectivity index (χ3n) is 6.15. The van der Waals surface area contributed by atoms with Gasteiger partial charge in [0, 0.05) is 21.0 Å². The van der Waals surface area contributed by atoms with Gasteiger partial charge in [-0.05, 0) is 78.0 Å². The molecule has 1 heterocycles. The van der Waals surface area contributed by atoms with Gasteiger partial charge < -0.3 is 14.3 Å². The summed E-state index contributed by atoms with van der Waals surface area (Å²) in [5, 5.41) is 13.3. The molecule has 0 saturated heterocycles. The predicted molar refractivity (Wildman–Crippen MR) is 158 cm³/mol. The Kier molecular flexibility index (Phi) is 12.6. The standard InChI is InChI=1S/C28H24Br4O5.K/c1-2-3-4-5-6-9-12-36-28(35)16-11-8-7-10-15(16)21-17-13-19(29)24(33)22(31)26(17)37-27-18(21)14-20(30)25(34)23(27)32;/h7-8,10-11,13-14,33H,2-6,9,12H2,1H3;/q;+1/p-1. The van der Waals surface area contributed by atoms with Crippen LogP contribution in [0.1, 0.15) is 55.8 Å². The molecule has 0 atom stereocenters. The molecule has 2 aliphatic rings. The van der Waals surface area contributed by atoms with Gasteiger partial charge in [0.05, 0.1) is 21.1 Å². The Morgan fingerprint density at radius 3 is 2.34 bits per heavy atom. The maximum absolute atomic E-state index is 13.2. The average Bonchev–Trinajstić information content (AvgIpc) is 2.89. The molecule has 2 aromatic carbocycles. The fourth-order valence-corrected chi connectivity index (χ4v) is 6.68. The average molecular weight is 798 g/mol. The molecule has 0 spiro atoms. The van der Waals surface area contributed by atoms with Crippen LogP contribution in [-0.2, 0) is 4.74 Å². The Morgan fingerprint density at radius 2 is 1.61 bits per heavy atom. The van der Waals surface area contributed by atoms with Gasteiger partial charge in [-0.3, -0.25) is 4.79 Å². The zero-order chi connectivity index (χ0) is 26.7. The fraction of sp³-hybridized carbons (Fsp3) is 0.286. The minimum atomic E-state index is -0.427. The minimum absolute atomic E-state index is 0. The first-order valence-electron chi connectivity index (χ1n) is 12.0. The van der Waals surface area contributed by atoms with E-state index in [4.69, 9.17) is 9.15 Å². The third kappa shape index (κ3) is 6.87. The Labute approximate surface area is 297 Å². The van der Waals surface area contributed by atoms with Gasteiger partial charge in [0.2, 0.25) is 5.43 Å². The number of unbranched alkanes of at least 4 members (excludes halogenated alkanes) is 5. The molecule has 5 nitrogen and oxygen atoms in total. The molecule has 1 aliphatic heterocycles. The molecular formula is C28H23Br4KO5. The number of carbonyl (C=O) groups excluding carboxylic acids is 1. The van der Waals surface area contributed by atoms with E-state index in [-0.39, 0.29) is 82.9 Å². The predicted octanol–water partition coefficient (Wildman–Crippen LogP) is 6.21. The number of rotatable bonds is 9. The summed E-state index contributed by atoms with van der Waals surface area (Å²) in [6.07, 6.45) is 6.56. The molecule has 0 radical (unpaired) electrons. The van der Waals surface area contributed by atoms with E-state index < -0.39 is 5.97 Å². The zero-order valence-electron chi connectivity index (χ0n) is 21.0. The smallest absolute Gasteiger partial charge is 0.871 e. The van der Waals surface area contributed by atoms with Crippen LogP contribution in [0.5, 0.6) is 5.75 Å². The van der Waals surface area contributed by atoms with Gasteiger partial charge in [0.1, 0.15) is 10.1 Å². The van der Waals surface area contributed by atoms with Crippen LogP contribution >= 0.6 is 63.7 Å². The van der Waals surface area contributed by atoms with Crippen molar-refractivity contribution in [1.82, 2.24) is 0 Å². The molecule has 0 N–H and O–H groups in total. The van der Waals surface area contributed by atoms with Crippen LogP contribution in [0.3, 0.4) is 0 Å². The van der Waals surface area contributed by atoms with E-state index in [9.17, 15) is 14.7 Å². The number of fused-ring (bicyclic) bond motifs is 2. The van der Waals surface area contributed by atoms with Crippen molar-refractivity contribution in [3.8, 4) is 28.2 Å². The molecule has 0 aromatic heterocycles. The Balaban J connectivity index is 0.00000400. The van der Waals surface area contributed by atoms with Crippen LogP contribution in [0.15, 0.2) is 63.5 Å². The van der Waals surface area contributed by atoms with Gasteiger partial charge in [0.15, 0.2) is 5.76 Å². The van der Waals surface area contributed by atoms with E-state index in [0.717, 1.165) is 19.3 Å². The van der Waals surface area contributed by atoms with Gasteiger partial charge in [-0.25, -0.2) is 4.79 Å². The Hall–Kier alpha value is -0.0436. The largest absolute Gasteiger partial charge is 1.00 e. The number of halogens is 4. The second kappa shape index (κ2) is 14.7. The zero-order valence-corrected chi connectivity index (χ0v) is 30.4. The summed E-state index contributed by atoms with van der Waals surface area (Å²) < 4.78 is 12.9. The summed E-state index contributed by atoms with van der Waals surface area (Å²) in [6, 6.07) is 10.5. The van der Waals surface area contributed by atoms with Crippen molar-refractivity contribution < 1.29 is 70.4 Å². The van der Waals surface area contributed by atoms with E-state index in [2.05, 4.69) is 70.6 Å². The molecule has 0 saturated carbocycles. The number of esters is 1. The van der Waals surface area contributed by atoms with E-state index >= 15 is 0 Å². The third-order valence-corrected chi connectivity index (χ3v) is 8.77. The molecule has 2 aromatic rings. The Bertz CT molecular complexity index is 1500. The van der Waals surface area contributed by atoms with Crippen LogP contribution in [0.2, 0.25) is 0 Å². The molecule has 0 fully saturated rings. The number of hydrogen-bond donors (Lipinski definition) is 0. The van der Waals surface area contributed by atoms with Crippen molar-refractivity contribution >= 4 is 80.7 Å². The normalized spacial score (nSPS) is 11.1. The molecule has 0 amide bonds. The number of carbonyl (C=O) groups is 1. The van der Waals surface area contributed by atoms with Crippen LogP contribution in [0.4, 0.5) is 0 Å². The number of ether oxygens (including phenoxy) is 1. The van der Waals surface area contributed by atoms with Gasteiger partial charge in [-0.2, -0.15) is 0 Å². The van der Waals surface area contributed by atoms with E-state index in [1.54, 1.807) is 24.3 Å². The first-order chi connectivity index (χ1) is 17.8.